The second-order valence-electron chi connectivity index (χ2n) is 2.38. The van der Waals surface area contributed by atoms with Crippen LogP contribution in [-0.4, -0.2) is 16.6 Å². The Kier molecular flexibility index (Phi) is 2.39. The van der Waals surface area contributed by atoms with Crippen molar-refractivity contribution in [2.24, 2.45) is 7.05 Å². The minimum absolute atomic E-state index is 0.118. The van der Waals surface area contributed by atoms with Gasteiger partial charge >= 0.3 is 0 Å². The fourth-order valence-electron chi connectivity index (χ4n) is 1.05. The molecule has 11 heavy (non-hydrogen) atoms. The molecule has 0 spiro atoms. The minimum Gasteiger partial charge on any atom is -0.336 e. The lowest BCUT2D eigenvalue weighted by molar-refractivity contribution is 0.100. The first-order valence-corrected chi connectivity index (χ1v) is 4.60. The first kappa shape index (κ1) is 8.40. The molecule has 0 unspecified atom stereocenters. The lowest BCUT2D eigenvalue weighted by Gasteiger charge is -2.01. The average Bonchev–Trinajstić information content (AvgIpc) is 2.30. The van der Waals surface area contributed by atoms with E-state index in [2.05, 4.69) is 0 Å². The summed E-state index contributed by atoms with van der Waals surface area (Å²) in [5.41, 5.74) is 0.773. The molecule has 0 aromatic carbocycles. The predicted octanol–water partition coefficient (Wildman–Crippen LogP) is 1.95. The highest BCUT2D eigenvalue weighted by atomic mass is 32.2. The summed E-state index contributed by atoms with van der Waals surface area (Å²) < 4.78 is 1.91. The molecule has 1 heterocycles. The Morgan fingerprint density at radius 1 is 1.55 bits per heavy atom. The SMILES string of the molecule is CSc1ccc(C(C)=O)n1C. The van der Waals surface area contributed by atoms with Crippen molar-refractivity contribution < 1.29 is 4.79 Å². The lowest BCUT2D eigenvalue weighted by atomic mass is 10.3. The Balaban J connectivity index is 3.10. The van der Waals surface area contributed by atoms with Gasteiger partial charge in [-0.3, -0.25) is 4.79 Å². The quantitative estimate of drug-likeness (QED) is 0.498. The average molecular weight is 169 g/mol. The second kappa shape index (κ2) is 3.13. The third kappa shape index (κ3) is 1.48. The van der Waals surface area contributed by atoms with Gasteiger partial charge in [0.2, 0.25) is 0 Å². The Labute approximate surface area is 70.6 Å². The Bertz CT molecular complexity index is 278. The Hall–Kier alpha value is -0.700. The van der Waals surface area contributed by atoms with Crippen molar-refractivity contribution in [3.63, 3.8) is 0 Å². The first-order chi connectivity index (χ1) is 5.16. The van der Waals surface area contributed by atoms with Crippen LogP contribution in [0.15, 0.2) is 17.2 Å². The summed E-state index contributed by atoms with van der Waals surface area (Å²) in [6.07, 6.45) is 2.00. The highest BCUT2D eigenvalue weighted by Crippen LogP contribution is 2.17. The molecule has 60 valence electrons. The molecule has 1 aromatic rings. The molecular formula is C8H11NOS. The fourth-order valence-corrected chi connectivity index (χ4v) is 1.63. The smallest absolute Gasteiger partial charge is 0.176 e. The maximum atomic E-state index is 11.0. The van der Waals surface area contributed by atoms with Gasteiger partial charge in [-0.15, -0.1) is 11.8 Å². The van der Waals surface area contributed by atoms with E-state index in [0.717, 1.165) is 10.7 Å². The number of aromatic nitrogens is 1. The minimum atomic E-state index is 0.118. The number of thioether (sulfide) groups is 1. The highest BCUT2D eigenvalue weighted by Gasteiger charge is 2.06. The van der Waals surface area contributed by atoms with E-state index in [4.69, 9.17) is 0 Å². The van der Waals surface area contributed by atoms with Crippen molar-refractivity contribution >= 4 is 17.5 Å². The van der Waals surface area contributed by atoms with E-state index in [1.165, 1.54) is 0 Å². The molecule has 0 amide bonds. The molecule has 0 saturated carbocycles. The number of hydrogen-bond donors (Lipinski definition) is 0. The van der Waals surface area contributed by atoms with Gasteiger partial charge in [-0.1, -0.05) is 0 Å². The van der Waals surface area contributed by atoms with Crippen molar-refractivity contribution in [3.05, 3.63) is 17.8 Å². The van der Waals surface area contributed by atoms with E-state index < -0.39 is 0 Å². The number of hydrogen-bond acceptors (Lipinski definition) is 2. The van der Waals surface area contributed by atoms with Crippen molar-refractivity contribution in [1.82, 2.24) is 4.57 Å². The third-order valence-electron chi connectivity index (χ3n) is 1.65. The van der Waals surface area contributed by atoms with Crippen LogP contribution in [0.4, 0.5) is 0 Å². The molecule has 0 aliphatic heterocycles. The van der Waals surface area contributed by atoms with Crippen molar-refractivity contribution in [1.29, 1.82) is 0 Å². The van der Waals surface area contributed by atoms with Gasteiger partial charge in [0.25, 0.3) is 0 Å². The van der Waals surface area contributed by atoms with Crippen LogP contribution in [0, 0.1) is 0 Å². The van der Waals surface area contributed by atoms with E-state index >= 15 is 0 Å². The molecule has 3 heteroatoms. The largest absolute Gasteiger partial charge is 0.336 e. The van der Waals surface area contributed by atoms with Crippen LogP contribution >= 0.6 is 11.8 Å². The summed E-state index contributed by atoms with van der Waals surface area (Å²) in [6, 6.07) is 3.82. The highest BCUT2D eigenvalue weighted by molar-refractivity contribution is 7.98. The van der Waals surface area contributed by atoms with Gasteiger partial charge in [-0.2, -0.15) is 0 Å². The molecule has 0 saturated heterocycles. The van der Waals surface area contributed by atoms with Crippen LogP contribution < -0.4 is 0 Å². The van der Waals surface area contributed by atoms with E-state index in [-0.39, 0.29) is 5.78 Å². The van der Waals surface area contributed by atoms with Gasteiger partial charge in [-0.25, -0.2) is 0 Å². The maximum absolute atomic E-state index is 11.0. The molecule has 0 bridgehead atoms. The zero-order valence-electron chi connectivity index (χ0n) is 6.92. The van der Waals surface area contributed by atoms with Crippen molar-refractivity contribution in [2.45, 2.75) is 11.9 Å². The molecule has 0 N–H and O–H groups in total. The van der Waals surface area contributed by atoms with Crippen LogP contribution in [0.2, 0.25) is 0 Å². The number of carbonyl (C=O) groups is 1. The van der Waals surface area contributed by atoms with Gasteiger partial charge < -0.3 is 4.57 Å². The number of rotatable bonds is 2. The zero-order valence-corrected chi connectivity index (χ0v) is 7.73. The number of carbonyl (C=O) groups excluding carboxylic acids is 1. The standard InChI is InChI=1S/C8H11NOS/c1-6(10)7-4-5-8(11-3)9(7)2/h4-5H,1-3H3. The van der Waals surface area contributed by atoms with Gasteiger partial charge in [-0.05, 0) is 18.4 Å². The summed E-state index contributed by atoms with van der Waals surface area (Å²) in [7, 11) is 1.91. The molecule has 0 radical (unpaired) electrons. The lowest BCUT2D eigenvalue weighted by Crippen LogP contribution is -2.01. The normalized spacial score (nSPS) is 10.1. The molecular weight excluding hydrogens is 158 g/mol. The summed E-state index contributed by atoms with van der Waals surface area (Å²) in [5, 5.41) is 1.12. The number of nitrogens with zero attached hydrogens (tertiary/aromatic N) is 1. The first-order valence-electron chi connectivity index (χ1n) is 3.37. The van der Waals surface area contributed by atoms with Crippen LogP contribution in [0.5, 0.6) is 0 Å². The van der Waals surface area contributed by atoms with Gasteiger partial charge in [0.1, 0.15) is 0 Å². The van der Waals surface area contributed by atoms with Gasteiger partial charge in [0.15, 0.2) is 5.78 Å². The predicted molar refractivity (Wildman–Crippen MR) is 47.2 cm³/mol. The van der Waals surface area contributed by atoms with E-state index in [9.17, 15) is 4.79 Å². The topological polar surface area (TPSA) is 22.0 Å². The van der Waals surface area contributed by atoms with Crippen molar-refractivity contribution in [3.8, 4) is 0 Å². The monoisotopic (exact) mass is 169 g/mol. The van der Waals surface area contributed by atoms with Crippen LogP contribution in [-0.2, 0) is 7.05 Å². The van der Waals surface area contributed by atoms with Crippen LogP contribution in [0.3, 0.4) is 0 Å². The Morgan fingerprint density at radius 3 is 2.45 bits per heavy atom. The molecule has 0 fully saturated rings. The second-order valence-corrected chi connectivity index (χ2v) is 3.20. The molecule has 1 aromatic heterocycles. The number of ketones is 1. The molecule has 2 nitrogen and oxygen atoms in total. The number of Topliss-reactive ketones (excluding diaryl/α,β-unsaturated/α-hetero) is 1. The summed E-state index contributed by atoms with van der Waals surface area (Å²) in [5.74, 6) is 0.118. The summed E-state index contributed by atoms with van der Waals surface area (Å²) in [6.45, 7) is 1.58. The van der Waals surface area contributed by atoms with Crippen molar-refractivity contribution in [2.75, 3.05) is 6.26 Å². The molecule has 0 aliphatic rings. The van der Waals surface area contributed by atoms with Crippen LogP contribution in [0.25, 0.3) is 0 Å². The van der Waals surface area contributed by atoms with E-state index in [1.807, 2.05) is 30.0 Å². The summed E-state index contributed by atoms with van der Waals surface area (Å²) in [4.78, 5) is 11.0. The van der Waals surface area contributed by atoms with Crippen LogP contribution in [0.1, 0.15) is 17.4 Å². The molecule has 1 rings (SSSR count). The maximum Gasteiger partial charge on any atom is 0.176 e. The van der Waals surface area contributed by atoms with Gasteiger partial charge in [0.05, 0.1) is 10.7 Å². The van der Waals surface area contributed by atoms with E-state index in [1.54, 1.807) is 18.7 Å². The molecule has 0 aliphatic carbocycles. The third-order valence-corrected chi connectivity index (χ3v) is 2.47. The fraction of sp³-hybridized carbons (Fsp3) is 0.375. The van der Waals surface area contributed by atoms with Gasteiger partial charge in [0, 0.05) is 14.0 Å². The summed E-state index contributed by atoms with van der Waals surface area (Å²) >= 11 is 1.64. The zero-order chi connectivity index (χ0) is 8.43. The Morgan fingerprint density at radius 2 is 2.18 bits per heavy atom. The van der Waals surface area contributed by atoms with E-state index in [0.29, 0.717) is 0 Å². The molecule has 0 atom stereocenters.